The summed E-state index contributed by atoms with van der Waals surface area (Å²) in [6.07, 6.45) is 0.441. The Balaban J connectivity index is 1.39. The number of hydrogen-bond acceptors (Lipinski definition) is 4. The summed E-state index contributed by atoms with van der Waals surface area (Å²) in [6.45, 7) is 4.80. The van der Waals surface area contributed by atoms with Gasteiger partial charge in [-0.2, -0.15) is 13.2 Å². The molecular weight excluding hydrogens is 387 g/mol. The molecule has 0 bridgehead atoms. The van der Waals surface area contributed by atoms with Gasteiger partial charge in [-0.3, -0.25) is 14.5 Å². The molecule has 162 valence electrons. The Bertz CT molecular complexity index is 660. The van der Waals surface area contributed by atoms with Crippen molar-refractivity contribution in [3.8, 4) is 0 Å². The number of fused-ring (bicyclic) bond motifs is 1. The largest absolute Gasteiger partial charge is 0.392 e. The molecule has 1 aliphatic carbocycles. The molecule has 0 aromatic heterocycles. The number of ether oxygens (including phenoxy) is 1. The first kappa shape index (κ1) is 21.8. The van der Waals surface area contributed by atoms with E-state index in [9.17, 15) is 22.8 Å². The average molecular weight is 415 g/mol. The zero-order chi connectivity index (χ0) is 21.0. The summed E-state index contributed by atoms with van der Waals surface area (Å²) in [5.74, 6) is -0.0693. The first-order valence-electron chi connectivity index (χ1n) is 10.1. The SMILES string of the molecule is CC=CC(=CCC(F)(F)F)NC(=O)CNC(=O)C1C2CN(C3CCOCC3)CC21. The zero-order valence-electron chi connectivity index (χ0n) is 16.5. The number of halogens is 3. The van der Waals surface area contributed by atoms with Gasteiger partial charge in [-0.25, -0.2) is 0 Å². The average Bonchev–Trinajstić information content (AvgIpc) is 3.18. The molecule has 0 spiro atoms. The van der Waals surface area contributed by atoms with E-state index in [1.165, 1.54) is 12.2 Å². The summed E-state index contributed by atoms with van der Waals surface area (Å²) in [5.41, 5.74) is 0.0690. The van der Waals surface area contributed by atoms with Crippen molar-refractivity contribution in [2.24, 2.45) is 17.8 Å². The minimum atomic E-state index is -4.34. The second-order valence-electron chi connectivity index (χ2n) is 7.90. The van der Waals surface area contributed by atoms with Gasteiger partial charge in [0.05, 0.1) is 13.0 Å². The van der Waals surface area contributed by atoms with Crippen LogP contribution in [-0.4, -0.2) is 61.8 Å². The number of amides is 2. The van der Waals surface area contributed by atoms with Crippen LogP contribution >= 0.6 is 0 Å². The molecule has 6 nitrogen and oxygen atoms in total. The quantitative estimate of drug-likeness (QED) is 0.624. The van der Waals surface area contributed by atoms with E-state index in [2.05, 4.69) is 15.5 Å². The maximum Gasteiger partial charge on any atom is 0.392 e. The molecule has 2 aliphatic heterocycles. The number of piperidine rings is 1. The molecule has 2 unspecified atom stereocenters. The fraction of sp³-hybridized carbons (Fsp3) is 0.700. The molecule has 29 heavy (non-hydrogen) atoms. The van der Waals surface area contributed by atoms with Crippen LogP contribution in [0.1, 0.15) is 26.2 Å². The lowest BCUT2D eigenvalue weighted by molar-refractivity contribution is -0.127. The van der Waals surface area contributed by atoms with Gasteiger partial charge in [-0.1, -0.05) is 12.2 Å². The third kappa shape index (κ3) is 6.05. The van der Waals surface area contributed by atoms with Gasteiger partial charge in [-0.05, 0) is 37.7 Å². The third-order valence-electron chi connectivity index (χ3n) is 5.84. The number of carbonyl (C=O) groups is 2. The number of hydrogen-bond donors (Lipinski definition) is 2. The lowest BCUT2D eigenvalue weighted by atomic mass is 10.1. The van der Waals surface area contributed by atoms with E-state index in [0.29, 0.717) is 17.9 Å². The molecule has 9 heteroatoms. The molecule has 3 aliphatic rings. The van der Waals surface area contributed by atoms with Crippen LogP contribution in [0, 0.1) is 17.8 Å². The molecule has 2 saturated heterocycles. The minimum absolute atomic E-state index is 0.0605. The topological polar surface area (TPSA) is 70.7 Å². The van der Waals surface area contributed by atoms with Crippen molar-refractivity contribution in [1.82, 2.24) is 15.5 Å². The molecule has 3 rings (SSSR count). The summed E-state index contributed by atoms with van der Waals surface area (Å²) in [4.78, 5) is 26.8. The van der Waals surface area contributed by atoms with Gasteiger partial charge in [0.2, 0.25) is 11.8 Å². The van der Waals surface area contributed by atoms with Gasteiger partial charge < -0.3 is 15.4 Å². The Labute approximate surface area is 168 Å². The predicted molar refractivity (Wildman–Crippen MR) is 101 cm³/mol. The summed E-state index contributed by atoms with van der Waals surface area (Å²) in [5, 5.41) is 5.03. The molecule has 2 heterocycles. The fourth-order valence-corrected chi connectivity index (χ4v) is 4.35. The first-order chi connectivity index (χ1) is 13.8. The molecule has 2 atom stereocenters. The number of carbonyl (C=O) groups excluding carboxylic acids is 2. The first-order valence-corrected chi connectivity index (χ1v) is 10.1. The van der Waals surface area contributed by atoms with E-state index in [-0.39, 0.29) is 24.1 Å². The Hall–Kier alpha value is -1.87. The predicted octanol–water partition coefficient (Wildman–Crippen LogP) is 1.99. The van der Waals surface area contributed by atoms with Crippen LogP contribution in [0.3, 0.4) is 0 Å². The lowest BCUT2D eigenvalue weighted by Crippen LogP contribution is -2.42. The van der Waals surface area contributed by atoms with Crippen LogP contribution in [0.15, 0.2) is 23.9 Å². The molecule has 0 aromatic rings. The molecule has 0 aromatic carbocycles. The van der Waals surface area contributed by atoms with Crippen LogP contribution in [0.5, 0.6) is 0 Å². The van der Waals surface area contributed by atoms with Gasteiger partial charge in [0.1, 0.15) is 0 Å². The van der Waals surface area contributed by atoms with Gasteiger partial charge in [0.25, 0.3) is 0 Å². The fourth-order valence-electron chi connectivity index (χ4n) is 4.35. The van der Waals surface area contributed by atoms with Crippen molar-refractivity contribution in [2.75, 3.05) is 32.8 Å². The summed E-state index contributed by atoms with van der Waals surface area (Å²) < 4.78 is 42.5. The van der Waals surface area contributed by atoms with Crippen molar-refractivity contribution in [2.45, 2.75) is 38.4 Å². The van der Waals surface area contributed by atoms with Gasteiger partial charge >= 0.3 is 6.18 Å². The smallest absolute Gasteiger partial charge is 0.381 e. The molecule has 0 radical (unpaired) electrons. The highest BCUT2D eigenvalue weighted by molar-refractivity contribution is 5.88. The van der Waals surface area contributed by atoms with Crippen LogP contribution in [0.2, 0.25) is 0 Å². The van der Waals surface area contributed by atoms with E-state index in [1.807, 2.05) is 0 Å². The maximum atomic E-state index is 12.4. The zero-order valence-corrected chi connectivity index (χ0v) is 16.5. The molecular formula is C20H28F3N3O3. The normalized spacial score (nSPS) is 28.4. The molecule has 2 amide bonds. The van der Waals surface area contributed by atoms with Crippen LogP contribution in [0.4, 0.5) is 13.2 Å². The molecule has 3 fully saturated rings. The summed E-state index contributed by atoms with van der Waals surface area (Å²) >= 11 is 0. The Morgan fingerprint density at radius 1 is 1.17 bits per heavy atom. The third-order valence-corrected chi connectivity index (χ3v) is 5.84. The molecule has 2 N–H and O–H groups in total. The standard InChI is InChI=1S/C20H28F3N3O3/c1-2-3-13(4-7-20(21,22)23)25-17(27)10-24-19(28)18-15-11-26(12-16(15)18)14-5-8-29-9-6-14/h2-4,14-16,18H,5-12H2,1H3,(H,24,28)(H,25,27). The van der Waals surface area contributed by atoms with Crippen molar-refractivity contribution in [1.29, 1.82) is 0 Å². The Morgan fingerprint density at radius 3 is 2.41 bits per heavy atom. The number of allylic oxidation sites excluding steroid dienone is 3. The number of alkyl halides is 3. The lowest BCUT2D eigenvalue weighted by Gasteiger charge is -2.32. The van der Waals surface area contributed by atoms with Crippen LogP contribution < -0.4 is 10.6 Å². The number of likely N-dealkylation sites (tertiary alicyclic amines) is 1. The van der Waals surface area contributed by atoms with Crippen molar-refractivity contribution in [3.63, 3.8) is 0 Å². The highest BCUT2D eigenvalue weighted by Gasteiger charge is 2.59. The summed E-state index contributed by atoms with van der Waals surface area (Å²) in [7, 11) is 0. The van der Waals surface area contributed by atoms with E-state index in [4.69, 9.17) is 4.74 Å². The highest BCUT2D eigenvalue weighted by Crippen LogP contribution is 2.52. The van der Waals surface area contributed by atoms with Gasteiger partial charge in [0.15, 0.2) is 0 Å². The number of nitrogens with one attached hydrogen (secondary N) is 2. The minimum Gasteiger partial charge on any atom is -0.381 e. The van der Waals surface area contributed by atoms with Crippen molar-refractivity contribution < 1.29 is 27.5 Å². The van der Waals surface area contributed by atoms with Gasteiger partial charge in [-0.15, -0.1) is 0 Å². The van der Waals surface area contributed by atoms with Crippen molar-refractivity contribution in [3.05, 3.63) is 23.9 Å². The van der Waals surface area contributed by atoms with E-state index < -0.39 is 18.5 Å². The van der Waals surface area contributed by atoms with E-state index in [0.717, 1.165) is 45.2 Å². The molecule has 1 saturated carbocycles. The van der Waals surface area contributed by atoms with Crippen LogP contribution in [-0.2, 0) is 14.3 Å². The van der Waals surface area contributed by atoms with E-state index >= 15 is 0 Å². The Morgan fingerprint density at radius 2 is 1.83 bits per heavy atom. The monoisotopic (exact) mass is 415 g/mol. The van der Waals surface area contributed by atoms with E-state index in [1.54, 1.807) is 6.92 Å². The second kappa shape index (κ2) is 9.30. The Kier molecular flexibility index (Phi) is 7.00. The number of nitrogens with zero attached hydrogens (tertiary/aromatic N) is 1. The maximum absolute atomic E-state index is 12.4. The van der Waals surface area contributed by atoms with Gasteiger partial charge in [0, 0.05) is 44.0 Å². The second-order valence-corrected chi connectivity index (χ2v) is 7.90. The van der Waals surface area contributed by atoms with Crippen molar-refractivity contribution >= 4 is 11.8 Å². The number of rotatable bonds is 7. The summed E-state index contributed by atoms with van der Waals surface area (Å²) in [6, 6.07) is 0.541. The van der Waals surface area contributed by atoms with Crippen LogP contribution in [0.25, 0.3) is 0 Å². The highest BCUT2D eigenvalue weighted by atomic mass is 19.4.